The molecule has 8 nitrogen and oxygen atoms in total. The molecule has 0 aliphatic carbocycles. The molecule has 0 spiro atoms. The molecular weight excluding hydrogens is 332 g/mol. The fraction of sp³-hybridized carbons (Fsp3) is 0.412. The largest absolute Gasteiger partial charge is 0.463 e. The van der Waals surface area contributed by atoms with Crippen LogP contribution in [-0.4, -0.2) is 56.7 Å². The quantitative estimate of drug-likeness (QED) is 0.267. The van der Waals surface area contributed by atoms with Crippen LogP contribution in [0.15, 0.2) is 24.3 Å². The third-order valence-electron chi connectivity index (χ3n) is 2.84. The van der Waals surface area contributed by atoms with Crippen LogP contribution in [0.4, 0.5) is 0 Å². The minimum absolute atomic E-state index is 0.0441. The predicted octanol–water partition coefficient (Wildman–Crippen LogP) is 1.17. The number of ketones is 1. The number of ether oxygens (including phenoxy) is 4. The average Bonchev–Trinajstić information content (AvgIpc) is 2.57. The van der Waals surface area contributed by atoms with Crippen molar-refractivity contribution in [3.63, 3.8) is 0 Å². The molecule has 0 unspecified atom stereocenters. The van der Waals surface area contributed by atoms with Crippen molar-refractivity contribution in [2.24, 2.45) is 0 Å². The Morgan fingerprint density at radius 1 is 0.760 bits per heavy atom. The zero-order chi connectivity index (χ0) is 18.7. The van der Waals surface area contributed by atoms with E-state index < -0.39 is 23.7 Å². The summed E-state index contributed by atoms with van der Waals surface area (Å²) in [6, 6.07) is 6.16. The summed E-state index contributed by atoms with van der Waals surface area (Å²) in [5.41, 5.74) is 0.256. The lowest BCUT2D eigenvalue weighted by atomic mass is 10.0. The Labute approximate surface area is 145 Å². The molecule has 0 saturated carbocycles. The van der Waals surface area contributed by atoms with Gasteiger partial charge >= 0.3 is 17.9 Å². The van der Waals surface area contributed by atoms with Crippen molar-refractivity contribution >= 4 is 23.7 Å². The first-order chi connectivity index (χ1) is 11.9. The highest BCUT2D eigenvalue weighted by molar-refractivity contribution is 6.06. The Morgan fingerprint density at radius 2 is 1.28 bits per heavy atom. The first kappa shape index (κ1) is 20.3. The van der Waals surface area contributed by atoms with Gasteiger partial charge in [0.05, 0.1) is 12.2 Å². The van der Waals surface area contributed by atoms with Crippen LogP contribution in [0.1, 0.15) is 34.6 Å². The second-order valence-electron chi connectivity index (χ2n) is 4.84. The van der Waals surface area contributed by atoms with Crippen molar-refractivity contribution in [3.8, 4) is 0 Å². The molecule has 0 bridgehead atoms. The maximum atomic E-state index is 12.2. The van der Waals surface area contributed by atoms with Gasteiger partial charge in [0, 0.05) is 19.4 Å². The van der Waals surface area contributed by atoms with Gasteiger partial charge < -0.3 is 18.9 Å². The van der Waals surface area contributed by atoms with Crippen LogP contribution < -0.4 is 0 Å². The van der Waals surface area contributed by atoms with E-state index in [1.807, 2.05) is 0 Å². The summed E-state index contributed by atoms with van der Waals surface area (Å²) < 4.78 is 19.4. The lowest BCUT2D eigenvalue weighted by molar-refractivity contribution is -0.143. The number of hydrogen-bond donors (Lipinski definition) is 0. The predicted molar refractivity (Wildman–Crippen MR) is 85.1 cm³/mol. The summed E-state index contributed by atoms with van der Waals surface area (Å²) >= 11 is 0. The van der Waals surface area contributed by atoms with Crippen molar-refractivity contribution in [1.82, 2.24) is 0 Å². The van der Waals surface area contributed by atoms with Gasteiger partial charge in [-0.05, 0) is 6.07 Å². The standard InChI is InChI=1S/C17H20O8/c1-12(18)23-8-7-22-11-16(20)14-5-3-4-6-15(14)17(21)25-10-9-24-13(2)19/h3-6H,7-11H2,1-2H3. The first-order valence-electron chi connectivity index (χ1n) is 7.55. The number of carbonyl (C=O) groups is 4. The van der Waals surface area contributed by atoms with Gasteiger partial charge in [-0.25, -0.2) is 4.79 Å². The van der Waals surface area contributed by atoms with Crippen molar-refractivity contribution in [2.45, 2.75) is 13.8 Å². The SMILES string of the molecule is CC(=O)OCCOCC(=O)c1ccccc1C(=O)OCCOC(C)=O. The number of carbonyl (C=O) groups excluding carboxylic acids is 4. The molecule has 0 fully saturated rings. The van der Waals surface area contributed by atoms with Gasteiger partial charge in [-0.15, -0.1) is 0 Å². The Hall–Kier alpha value is -2.74. The molecule has 8 heteroatoms. The molecule has 1 aromatic rings. The Morgan fingerprint density at radius 3 is 1.88 bits per heavy atom. The van der Waals surface area contributed by atoms with Gasteiger partial charge in [0.2, 0.25) is 0 Å². The molecule has 0 aliphatic rings. The van der Waals surface area contributed by atoms with Gasteiger partial charge in [0.25, 0.3) is 0 Å². The maximum absolute atomic E-state index is 12.2. The van der Waals surface area contributed by atoms with Gasteiger partial charge in [0.1, 0.15) is 26.4 Å². The molecular formula is C17H20O8. The van der Waals surface area contributed by atoms with E-state index in [1.54, 1.807) is 12.1 Å². The molecule has 0 atom stereocenters. The molecule has 136 valence electrons. The van der Waals surface area contributed by atoms with Crippen LogP contribution in [0.25, 0.3) is 0 Å². The molecule has 0 heterocycles. The summed E-state index contributed by atoms with van der Waals surface area (Å²) in [5, 5.41) is 0. The van der Waals surface area contributed by atoms with Gasteiger partial charge in [-0.1, -0.05) is 18.2 Å². The monoisotopic (exact) mass is 352 g/mol. The number of Topliss-reactive ketones (excluding diaryl/α,β-unsaturated/α-hetero) is 1. The van der Waals surface area contributed by atoms with E-state index >= 15 is 0 Å². The lowest BCUT2D eigenvalue weighted by Gasteiger charge is -2.09. The van der Waals surface area contributed by atoms with Crippen molar-refractivity contribution in [2.75, 3.05) is 33.0 Å². The molecule has 0 aliphatic heterocycles. The fourth-order valence-electron chi connectivity index (χ4n) is 1.79. The van der Waals surface area contributed by atoms with Crippen molar-refractivity contribution in [1.29, 1.82) is 0 Å². The van der Waals surface area contributed by atoms with E-state index in [-0.39, 0.29) is 44.2 Å². The van der Waals surface area contributed by atoms with E-state index in [9.17, 15) is 19.2 Å². The third-order valence-corrected chi connectivity index (χ3v) is 2.84. The minimum Gasteiger partial charge on any atom is -0.463 e. The van der Waals surface area contributed by atoms with Gasteiger partial charge in [0.15, 0.2) is 5.78 Å². The van der Waals surface area contributed by atoms with E-state index in [0.29, 0.717) is 0 Å². The summed E-state index contributed by atoms with van der Waals surface area (Å²) in [6.45, 7) is 2.20. The second kappa shape index (κ2) is 10.9. The van der Waals surface area contributed by atoms with E-state index in [0.717, 1.165) is 0 Å². The summed E-state index contributed by atoms with van der Waals surface area (Å²) in [6.07, 6.45) is 0. The first-order valence-corrected chi connectivity index (χ1v) is 7.55. The number of benzene rings is 1. The highest BCUT2D eigenvalue weighted by Gasteiger charge is 2.18. The second-order valence-corrected chi connectivity index (χ2v) is 4.84. The highest BCUT2D eigenvalue weighted by Crippen LogP contribution is 2.11. The van der Waals surface area contributed by atoms with E-state index in [2.05, 4.69) is 9.47 Å². The maximum Gasteiger partial charge on any atom is 0.338 e. The number of hydrogen-bond acceptors (Lipinski definition) is 8. The average molecular weight is 352 g/mol. The Balaban J connectivity index is 2.53. The van der Waals surface area contributed by atoms with E-state index in [4.69, 9.17) is 9.47 Å². The van der Waals surface area contributed by atoms with Crippen LogP contribution in [0.2, 0.25) is 0 Å². The van der Waals surface area contributed by atoms with Gasteiger partial charge in [-0.3, -0.25) is 14.4 Å². The summed E-state index contributed by atoms with van der Waals surface area (Å²) in [5.74, 6) is -2.01. The molecule has 0 radical (unpaired) electrons. The highest BCUT2D eigenvalue weighted by atomic mass is 16.6. The topological polar surface area (TPSA) is 105 Å². The molecule has 1 aromatic carbocycles. The number of esters is 3. The van der Waals surface area contributed by atoms with E-state index in [1.165, 1.54) is 26.0 Å². The zero-order valence-corrected chi connectivity index (χ0v) is 14.1. The molecule has 0 saturated heterocycles. The van der Waals surface area contributed by atoms with Crippen molar-refractivity contribution in [3.05, 3.63) is 35.4 Å². The minimum atomic E-state index is -0.698. The summed E-state index contributed by atoms with van der Waals surface area (Å²) in [4.78, 5) is 45.5. The van der Waals surface area contributed by atoms with Crippen LogP contribution in [-0.2, 0) is 28.5 Å². The van der Waals surface area contributed by atoms with Crippen LogP contribution in [0, 0.1) is 0 Å². The molecule has 25 heavy (non-hydrogen) atoms. The third kappa shape index (κ3) is 8.07. The van der Waals surface area contributed by atoms with Gasteiger partial charge in [-0.2, -0.15) is 0 Å². The van der Waals surface area contributed by atoms with Crippen LogP contribution in [0.5, 0.6) is 0 Å². The smallest absolute Gasteiger partial charge is 0.338 e. The van der Waals surface area contributed by atoms with Crippen LogP contribution >= 0.6 is 0 Å². The molecule has 1 rings (SSSR count). The van der Waals surface area contributed by atoms with Crippen LogP contribution in [0.3, 0.4) is 0 Å². The number of rotatable bonds is 10. The fourth-order valence-corrected chi connectivity index (χ4v) is 1.79. The molecule has 0 N–H and O–H groups in total. The molecule has 0 aromatic heterocycles. The zero-order valence-electron chi connectivity index (χ0n) is 14.1. The normalized spacial score (nSPS) is 10.0. The molecule has 0 amide bonds. The Kier molecular flexibility index (Phi) is 8.87. The lowest BCUT2D eigenvalue weighted by Crippen LogP contribution is -2.18. The summed E-state index contributed by atoms with van der Waals surface area (Å²) in [7, 11) is 0. The van der Waals surface area contributed by atoms with Crippen molar-refractivity contribution < 1.29 is 38.1 Å². The Bertz CT molecular complexity index is 623.